The summed E-state index contributed by atoms with van der Waals surface area (Å²) in [5, 5.41) is 0. The molecule has 1 rings (SSSR count). The van der Waals surface area contributed by atoms with Crippen molar-refractivity contribution >= 4 is 5.97 Å². The lowest BCUT2D eigenvalue weighted by Crippen LogP contribution is -1.90. The van der Waals surface area contributed by atoms with E-state index in [9.17, 15) is 4.79 Å². The lowest BCUT2D eigenvalue weighted by Gasteiger charge is -1.98. The molecule has 0 saturated heterocycles. The molecule has 0 atom stereocenters. The van der Waals surface area contributed by atoms with Crippen LogP contribution in [0.15, 0.2) is 54.5 Å². The van der Waals surface area contributed by atoms with E-state index >= 15 is 0 Å². The Balaban J connectivity index is 2.43. The molecule has 0 saturated carbocycles. The van der Waals surface area contributed by atoms with Gasteiger partial charge in [0.2, 0.25) is 0 Å². The zero-order valence-corrected chi connectivity index (χ0v) is 9.34. The number of hydrogen-bond donors (Lipinski definition) is 0. The van der Waals surface area contributed by atoms with Gasteiger partial charge < -0.3 is 9.47 Å². The standard InChI is InChI=1S/C13H14O3/c1-11(10-16-12(2)14)8-9-15-13-6-4-3-5-7-13/h3-10H,1-2H3. The van der Waals surface area contributed by atoms with Gasteiger partial charge in [0.05, 0.1) is 12.5 Å². The first-order chi connectivity index (χ1) is 7.68. The van der Waals surface area contributed by atoms with Crippen LogP contribution in [0.2, 0.25) is 0 Å². The predicted molar refractivity (Wildman–Crippen MR) is 61.7 cm³/mol. The highest BCUT2D eigenvalue weighted by molar-refractivity contribution is 5.66. The highest BCUT2D eigenvalue weighted by Gasteiger charge is 1.89. The van der Waals surface area contributed by atoms with Gasteiger partial charge in [-0.1, -0.05) is 18.2 Å². The second-order valence-electron chi connectivity index (χ2n) is 3.20. The molecule has 0 fully saturated rings. The number of esters is 1. The van der Waals surface area contributed by atoms with Gasteiger partial charge >= 0.3 is 5.97 Å². The minimum atomic E-state index is -0.336. The molecule has 0 amide bonds. The van der Waals surface area contributed by atoms with E-state index in [1.54, 1.807) is 12.3 Å². The van der Waals surface area contributed by atoms with Crippen molar-refractivity contribution in [2.24, 2.45) is 0 Å². The molecule has 1 aromatic carbocycles. The maximum atomic E-state index is 10.5. The van der Waals surface area contributed by atoms with Gasteiger partial charge in [0.25, 0.3) is 0 Å². The number of allylic oxidation sites excluding steroid dienone is 2. The van der Waals surface area contributed by atoms with Crippen LogP contribution >= 0.6 is 0 Å². The van der Waals surface area contributed by atoms with Gasteiger partial charge in [-0.2, -0.15) is 0 Å². The van der Waals surface area contributed by atoms with Crippen molar-refractivity contribution in [1.82, 2.24) is 0 Å². The number of ether oxygens (including phenoxy) is 2. The molecular formula is C13H14O3. The van der Waals surface area contributed by atoms with Crippen molar-refractivity contribution in [3.8, 4) is 5.75 Å². The molecule has 84 valence electrons. The van der Waals surface area contributed by atoms with Crippen LogP contribution in [0.25, 0.3) is 0 Å². The largest absolute Gasteiger partial charge is 0.465 e. The fourth-order valence-electron chi connectivity index (χ4n) is 0.934. The summed E-state index contributed by atoms with van der Waals surface area (Å²) in [5.74, 6) is 0.427. The molecule has 3 heteroatoms. The molecule has 0 bridgehead atoms. The molecule has 0 heterocycles. The molecule has 0 spiro atoms. The zero-order valence-electron chi connectivity index (χ0n) is 9.34. The number of rotatable bonds is 4. The third-order valence-corrected chi connectivity index (χ3v) is 1.69. The van der Waals surface area contributed by atoms with E-state index < -0.39 is 0 Å². The average Bonchev–Trinajstić information content (AvgIpc) is 2.28. The van der Waals surface area contributed by atoms with Crippen LogP contribution in [0.5, 0.6) is 5.75 Å². The van der Waals surface area contributed by atoms with Crippen LogP contribution in [0.1, 0.15) is 13.8 Å². The van der Waals surface area contributed by atoms with Gasteiger partial charge in [-0.05, 0) is 30.7 Å². The molecule has 0 aliphatic carbocycles. The summed E-state index contributed by atoms with van der Waals surface area (Å²) in [6.45, 7) is 3.17. The summed E-state index contributed by atoms with van der Waals surface area (Å²) in [7, 11) is 0. The van der Waals surface area contributed by atoms with Crippen LogP contribution < -0.4 is 4.74 Å². The van der Waals surface area contributed by atoms with Crippen molar-refractivity contribution in [3.63, 3.8) is 0 Å². The van der Waals surface area contributed by atoms with Gasteiger partial charge in [-0.25, -0.2) is 0 Å². The highest BCUT2D eigenvalue weighted by atomic mass is 16.5. The quantitative estimate of drug-likeness (QED) is 0.442. The maximum absolute atomic E-state index is 10.5. The van der Waals surface area contributed by atoms with Gasteiger partial charge in [-0.15, -0.1) is 0 Å². The molecule has 0 aliphatic rings. The molecule has 0 radical (unpaired) electrons. The second-order valence-corrected chi connectivity index (χ2v) is 3.20. The summed E-state index contributed by atoms with van der Waals surface area (Å²) in [4.78, 5) is 10.5. The number of carbonyl (C=O) groups is 1. The number of benzene rings is 1. The average molecular weight is 218 g/mol. The van der Waals surface area contributed by atoms with Crippen LogP contribution in [-0.2, 0) is 9.53 Å². The van der Waals surface area contributed by atoms with E-state index in [2.05, 4.69) is 0 Å². The summed E-state index contributed by atoms with van der Waals surface area (Å²) in [6, 6.07) is 9.42. The Bertz CT molecular complexity index is 391. The number of hydrogen-bond acceptors (Lipinski definition) is 3. The Hall–Kier alpha value is -2.03. The van der Waals surface area contributed by atoms with E-state index in [0.29, 0.717) is 0 Å². The van der Waals surface area contributed by atoms with E-state index in [-0.39, 0.29) is 5.97 Å². The molecule has 1 aromatic rings. The van der Waals surface area contributed by atoms with Crippen LogP contribution in [0.4, 0.5) is 0 Å². The lowest BCUT2D eigenvalue weighted by molar-refractivity contribution is -0.135. The Labute approximate surface area is 95.0 Å². The smallest absolute Gasteiger partial charge is 0.307 e. The Kier molecular flexibility index (Phi) is 4.86. The molecular weight excluding hydrogens is 204 g/mol. The monoisotopic (exact) mass is 218 g/mol. The van der Waals surface area contributed by atoms with E-state index in [1.807, 2.05) is 37.3 Å². The van der Waals surface area contributed by atoms with Crippen molar-refractivity contribution in [1.29, 1.82) is 0 Å². The Morgan fingerprint density at radius 1 is 1.19 bits per heavy atom. The zero-order chi connectivity index (χ0) is 11.8. The molecule has 16 heavy (non-hydrogen) atoms. The number of para-hydroxylation sites is 1. The van der Waals surface area contributed by atoms with Crippen molar-refractivity contribution in [2.45, 2.75) is 13.8 Å². The van der Waals surface area contributed by atoms with Crippen LogP contribution in [-0.4, -0.2) is 5.97 Å². The second kappa shape index (κ2) is 6.45. The van der Waals surface area contributed by atoms with Gasteiger partial charge in [0.1, 0.15) is 5.75 Å². The fourth-order valence-corrected chi connectivity index (χ4v) is 0.934. The number of carbonyl (C=O) groups excluding carboxylic acids is 1. The summed E-state index contributed by atoms with van der Waals surface area (Å²) < 4.78 is 10.0. The Morgan fingerprint density at radius 3 is 2.50 bits per heavy atom. The summed E-state index contributed by atoms with van der Waals surface area (Å²) in [6.07, 6.45) is 4.65. The molecule has 0 N–H and O–H groups in total. The van der Waals surface area contributed by atoms with E-state index in [0.717, 1.165) is 11.3 Å². The van der Waals surface area contributed by atoms with Crippen molar-refractivity contribution < 1.29 is 14.3 Å². The van der Waals surface area contributed by atoms with Gasteiger partial charge in [0.15, 0.2) is 0 Å². The topological polar surface area (TPSA) is 35.5 Å². The minimum Gasteiger partial charge on any atom is -0.465 e. The van der Waals surface area contributed by atoms with Crippen LogP contribution in [0.3, 0.4) is 0 Å². The third-order valence-electron chi connectivity index (χ3n) is 1.69. The SMILES string of the molecule is CC(=O)OC=C(C)C=COc1ccccc1. The van der Waals surface area contributed by atoms with E-state index in [4.69, 9.17) is 9.47 Å². The molecule has 3 nitrogen and oxygen atoms in total. The maximum Gasteiger partial charge on any atom is 0.307 e. The van der Waals surface area contributed by atoms with Crippen molar-refractivity contribution in [3.05, 3.63) is 54.5 Å². The lowest BCUT2D eigenvalue weighted by atomic mass is 10.3. The third kappa shape index (κ3) is 5.00. The first kappa shape index (κ1) is 12.0. The minimum absolute atomic E-state index is 0.336. The highest BCUT2D eigenvalue weighted by Crippen LogP contribution is 2.08. The Morgan fingerprint density at radius 2 is 1.88 bits per heavy atom. The first-order valence-electron chi connectivity index (χ1n) is 4.91. The summed E-state index contributed by atoms with van der Waals surface area (Å²) >= 11 is 0. The molecule has 0 unspecified atom stereocenters. The van der Waals surface area contributed by atoms with Gasteiger partial charge in [-0.3, -0.25) is 4.79 Å². The normalized spacial score (nSPS) is 11.5. The van der Waals surface area contributed by atoms with E-state index in [1.165, 1.54) is 13.2 Å². The van der Waals surface area contributed by atoms with Gasteiger partial charge in [0, 0.05) is 6.92 Å². The fraction of sp³-hybridized carbons (Fsp3) is 0.154. The van der Waals surface area contributed by atoms with Crippen LogP contribution in [0, 0.1) is 0 Å². The molecule has 0 aliphatic heterocycles. The summed E-state index contributed by atoms with van der Waals surface area (Å²) in [5.41, 5.74) is 0.797. The first-order valence-corrected chi connectivity index (χ1v) is 4.91. The predicted octanol–water partition coefficient (Wildman–Crippen LogP) is 3.05. The molecule has 0 aromatic heterocycles. The van der Waals surface area contributed by atoms with Crippen molar-refractivity contribution in [2.75, 3.05) is 0 Å².